The number of hydrogen-bond donors (Lipinski definition) is 1. The molecule has 3 atom stereocenters. The average molecular weight is 271 g/mol. The molecule has 3 unspecified atom stereocenters. The van der Waals surface area contributed by atoms with Crippen LogP contribution in [-0.2, 0) is 6.42 Å². The Bertz CT molecular complexity index is 508. The van der Waals surface area contributed by atoms with Crippen LogP contribution in [0.1, 0.15) is 55.5 Å². The van der Waals surface area contributed by atoms with Gasteiger partial charge < -0.3 is 5.32 Å². The Hall–Kier alpha value is -1.31. The number of benzene rings is 1. The first-order valence-electron chi connectivity index (χ1n) is 8.06. The lowest BCUT2D eigenvalue weighted by Gasteiger charge is -2.31. The average Bonchev–Trinajstić information content (AvgIpc) is 2.49. The van der Waals surface area contributed by atoms with Gasteiger partial charge in [0.15, 0.2) is 5.78 Å². The van der Waals surface area contributed by atoms with E-state index in [0.717, 1.165) is 37.3 Å². The molecule has 2 aliphatic rings. The predicted molar refractivity (Wildman–Crippen MR) is 83.3 cm³/mol. The second kappa shape index (κ2) is 5.59. The summed E-state index contributed by atoms with van der Waals surface area (Å²) in [5, 5.41) is 3.41. The number of ketones is 1. The third kappa shape index (κ3) is 2.61. The zero-order valence-corrected chi connectivity index (χ0v) is 12.6. The quantitative estimate of drug-likeness (QED) is 0.813. The Kier molecular flexibility index (Phi) is 3.82. The largest absolute Gasteiger partial charge is 0.385 e. The maximum absolute atomic E-state index is 12.7. The summed E-state index contributed by atoms with van der Waals surface area (Å²) >= 11 is 0. The summed E-state index contributed by atoms with van der Waals surface area (Å²) in [6, 6.07) is 6.24. The summed E-state index contributed by atoms with van der Waals surface area (Å²) in [6.07, 6.45) is 5.60. The molecule has 0 amide bonds. The van der Waals surface area contributed by atoms with E-state index in [1.807, 2.05) is 6.07 Å². The Morgan fingerprint density at radius 1 is 1.20 bits per heavy atom. The standard InChI is InChI=1S/C18H25NO/c1-12-5-6-15(10-13(12)2)18(20)16-7-8-17-14(11-16)4-3-9-19-17/h7-8,11-13,15,19H,3-6,9-10H2,1-2H3. The number of aryl methyl sites for hydroxylation is 1. The molecule has 0 spiro atoms. The van der Waals surface area contributed by atoms with Crippen molar-refractivity contribution in [3.63, 3.8) is 0 Å². The molecule has 0 radical (unpaired) electrons. The van der Waals surface area contributed by atoms with Crippen LogP contribution in [0.5, 0.6) is 0 Å². The van der Waals surface area contributed by atoms with Gasteiger partial charge >= 0.3 is 0 Å². The first kappa shape index (κ1) is 13.7. The van der Waals surface area contributed by atoms with Crippen LogP contribution in [0.2, 0.25) is 0 Å². The molecule has 1 aliphatic carbocycles. The third-order valence-electron chi connectivity index (χ3n) is 5.30. The lowest BCUT2D eigenvalue weighted by atomic mass is 9.73. The summed E-state index contributed by atoms with van der Waals surface area (Å²) in [4.78, 5) is 12.7. The van der Waals surface area contributed by atoms with Crippen LogP contribution in [0.15, 0.2) is 18.2 Å². The van der Waals surface area contributed by atoms with Gasteiger partial charge in [0.05, 0.1) is 0 Å². The molecule has 1 fully saturated rings. The number of carbonyl (C=O) groups is 1. The summed E-state index contributed by atoms with van der Waals surface area (Å²) in [5.74, 6) is 2.07. The molecule has 1 aliphatic heterocycles. The monoisotopic (exact) mass is 271 g/mol. The van der Waals surface area contributed by atoms with E-state index in [1.54, 1.807) is 0 Å². The van der Waals surface area contributed by atoms with Crippen molar-refractivity contribution in [2.24, 2.45) is 17.8 Å². The van der Waals surface area contributed by atoms with E-state index in [4.69, 9.17) is 0 Å². The van der Waals surface area contributed by atoms with Crippen molar-refractivity contribution in [2.45, 2.75) is 46.0 Å². The van der Waals surface area contributed by atoms with Crippen molar-refractivity contribution in [1.29, 1.82) is 0 Å². The fraction of sp³-hybridized carbons (Fsp3) is 0.611. The minimum Gasteiger partial charge on any atom is -0.385 e. The number of carbonyl (C=O) groups excluding carboxylic acids is 1. The predicted octanol–water partition coefficient (Wildman–Crippen LogP) is 4.30. The fourth-order valence-electron chi connectivity index (χ4n) is 3.65. The number of rotatable bonds is 2. The minimum absolute atomic E-state index is 0.246. The zero-order valence-electron chi connectivity index (χ0n) is 12.6. The highest BCUT2D eigenvalue weighted by Gasteiger charge is 2.29. The topological polar surface area (TPSA) is 29.1 Å². The maximum atomic E-state index is 12.7. The van der Waals surface area contributed by atoms with E-state index in [1.165, 1.54) is 24.1 Å². The summed E-state index contributed by atoms with van der Waals surface area (Å²) in [7, 11) is 0. The molecular formula is C18H25NO. The molecule has 1 aromatic rings. The van der Waals surface area contributed by atoms with E-state index in [2.05, 4.69) is 31.3 Å². The van der Waals surface area contributed by atoms with Gasteiger partial charge in [-0.3, -0.25) is 4.79 Å². The van der Waals surface area contributed by atoms with Gasteiger partial charge in [-0.1, -0.05) is 13.8 Å². The Morgan fingerprint density at radius 3 is 2.85 bits per heavy atom. The molecule has 0 saturated heterocycles. The molecule has 1 aromatic carbocycles. The van der Waals surface area contributed by atoms with Crippen molar-refractivity contribution < 1.29 is 4.79 Å². The van der Waals surface area contributed by atoms with Crippen LogP contribution < -0.4 is 5.32 Å². The van der Waals surface area contributed by atoms with Gasteiger partial charge in [-0.2, -0.15) is 0 Å². The highest BCUT2D eigenvalue weighted by Crippen LogP contribution is 2.35. The summed E-state index contributed by atoms with van der Waals surface area (Å²) < 4.78 is 0. The maximum Gasteiger partial charge on any atom is 0.165 e. The highest BCUT2D eigenvalue weighted by atomic mass is 16.1. The van der Waals surface area contributed by atoms with Crippen LogP contribution in [0, 0.1) is 17.8 Å². The van der Waals surface area contributed by atoms with Crippen molar-refractivity contribution >= 4 is 11.5 Å². The van der Waals surface area contributed by atoms with Gasteiger partial charge in [-0.25, -0.2) is 0 Å². The molecule has 0 bridgehead atoms. The number of nitrogens with one attached hydrogen (secondary N) is 1. The molecule has 20 heavy (non-hydrogen) atoms. The van der Waals surface area contributed by atoms with Crippen molar-refractivity contribution in [2.75, 3.05) is 11.9 Å². The van der Waals surface area contributed by atoms with Gasteiger partial charge in [-0.05, 0) is 67.7 Å². The molecule has 3 rings (SSSR count). The van der Waals surface area contributed by atoms with Gasteiger partial charge in [-0.15, -0.1) is 0 Å². The van der Waals surface area contributed by atoms with Gasteiger partial charge in [0.2, 0.25) is 0 Å². The lowest BCUT2D eigenvalue weighted by molar-refractivity contribution is 0.0837. The second-order valence-electron chi connectivity index (χ2n) is 6.73. The number of Topliss-reactive ketones (excluding diaryl/α,β-unsaturated/α-hetero) is 1. The van der Waals surface area contributed by atoms with Crippen LogP contribution in [0.3, 0.4) is 0 Å². The molecule has 2 nitrogen and oxygen atoms in total. The third-order valence-corrected chi connectivity index (χ3v) is 5.30. The Morgan fingerprint density at radius 2 is 2.05 bits per heavy atom. The van der Waals surface area contributed by atoms with E-state index in [0.29, 0.717) is 11.7 Å². The number of fused-ring (bicyclic) bond motifs is 1. The van der Waals surface area contributed by atoms with Crippen LogP contribution in [0.25, 0.3) is 0 Å². The minimum atomic E-state index is 0.246. The zero-order chi connectivity index (χ0) is 14.1. The van der Waals surface area contributed by atoms with E-state index in [-0.39, 0.29) is 5.92 Å². The van der Waals surface area contributed by atoms with Crippen molar-refractivity contribution in [1.82, 2.24) is 0 Å². The molecule has 1 heterocycles. The SMILES string of the molecule is CC1CCC(C(=O)c2ccc3c(c2)CCCN3)CC1C. The van der Waals surface area contributed by atoms with Crippen molar-refractivity contribution in [3.8, 4) is 0 Å². The second-order valence-corrected chi connectivity index (χ2v) is 6.73. The number of hydrogen-bond acceptors (Lipinski definition) is 2. The summed E-state index contributed by atoms with van der Waals surface area (Å²) in [6.45, 7) is 5.66. The summed E-state index contributed by atoms with van der Waals surface area (Å²) in [5.41, 5.74) is 3.47. The fourth-order valence-corrected chi connectivity index (χ4v) is 3.65. The van der Waals surface area contributed by atoms with Gasteiger partial charge in [0.25, 0.3) is 0 Å². The normalized spacial score (nSPS) is 29.4. The molecule has 2 heteroatoms. The first-order valence-corrected chi connectivity index (χ1v) is 8.06. The first-order chi connectivity index (χ1) is 9.65. The van der Waals surface area contributed by atoms with E-state index in [9.17, 15) is 4.79 Å². The molecule has 1 saturated carbocycles. The van der Waals surface area contributed by atoms with Crippen LogP contribution >= 0.6 is 0 Å². The van der Waals surface area contributed by atoms with Crippen LogP contribution in [0.4, 0.5) is 5.69 Å². The Balaban J connectivity index is 1.77. The Labute approximate surface area is 122 Å². The molecule has 1 N–H and O–H groups in total. The highest BCUT2D eigenvalue weighted by molar-refractivity contribution is 5.98. The lowest BCUT2D eigenvalue weighted by Crippen LogP contribution is -2.26. The van der Waals surface area contributed by atoms with E-state index < -0.39 is 0 Å². The van der Waals surface area contributed by atoms with Crippen molar-refractivity contribution in [3.05, 3.63) is 29.3 Å². The molecule has 0 aromatic heterocycles. The van der Waals surface area contributed by atoms with Gasteiger partial charge in [0.1, 0.15) is 0 Å². The molecule has 108 valence electrons. The smallest absolute Gasteiger partial charge is 0.165 e. The van der Waals surface area contributed by atoms with Crippen LogP contribution in [-0.4, -0.2) is 12.3 Å². The van der Waals surface area contributed by atoms with E-state index >= 15 is 0 Å². The number of anilines is 1. The molecular weight excluding hydrogens is 246 g/mol. The van der Waals surface area contributed by atoms with Gasteiger partial charge in [0, 0.05) is 23.7 Å².